The standard InChI is InChI=1S/C49H43N3/c1-49(2)45-25-11-10-23-42(45)43-27-26-32(28-46(43)49)31-52(3)48(36-18-12-17-34(29-36)38-24-13-16-33-14-4-6-19-37(33)38)51-47(50)44-30-35-15-5-7-20-39(35)40-21-8-9-22-41(40)44/h4-30,47-48,51H,31,50H2,1-3H3. The van der Waals surface area contributed by atoms with Crippen molar-refractivity contribution >= 4 is 32.3 Å². The maximum absolute atomic E-state index is 7.27. The molecule has 2 unspecified atom stereocenters. The Bertz CT molecular complexity index is 2610. The van der Waals surface area contributed by atoms with Crippen LogP contribution in [-0.2, 0) is 12.0 Å². The third kappa shape index (κ3) is 5.50. The summed E-state index contributed by atoms with van der Waals surface area (Å²) in [6.07, 6.45) is -0.592. The zero-order chi connectivity index (χ0) is 35.4. The third-order valence-electron chi connectivity index (χ3n) is 11.3. The van der Waals surface area contributed by atoms with E-state index in [1.165, 1.54) is 76.8 Å². The lowest BCUT2D eigenvalue weighted by Crippen LogP contribution is -2.41. The number of fused-ring (bicyclic) bond motifs is 7. The first-order valence-electron chi connectivity index (χ1n) is 18.3. The van der Waals surface area contributed by atoms with Crippen molar-refractivity contribution in [3.8, 4) is 22.3 Å². The number of hydrogen-bond acceptors (Lipinski definition) is 3. The fraction of sp³-hybridized carbons (Fsp3) is 0.143. The molecule has 0 saturated carbocycles. The van der Waals surface area contributed by atoms with Gasteiger partial charge in [-0.05, 0) is 102 Å². The molecule has 8 aromatic rings. The second-order valence-electron chi connectivity index (χ2n) is 14.9. The second kappa shape index (κ2) is 12.9. The molecule has 8 aromatic carbocycles. The normalized spacial score (nSPS) is 14.5. The van der Waals surface area contributed by atoms with Gasteiger partial charge in [-0.3, -0.25) is 10.2 Å². The third-order valence-corrected chi connectivity index (χ3v) is 11.3. The predicted molar refractivity (Wildman–Crippen MR) is 219 cm³/mol. The molecule has 0 bridgehead atoms. The van der Waals surface area contributed by atoms with Crippen LogP contribution in [0, 0.1) is 0 Å². The van der Waals surface area contributed by atoms with Crippen LogP contribution in [0.3, 0.4) is 0 Å². The number of rotatable bonds is 8. The summed E-state index contributed by atoms with van der Waals surface area (Å²) >= 11 is 0. The molecule has 3 nitrogen and oxygen atoms in total. The highest BCUT2D eigenvalue weighted by atomic mass is 15.3. The van der Waals surface area contributed by atoms with Crippen molar-refractivity contribution in [2.24, 2.45) is 5.73 Å². The van der Waals surface area contributed by atoms with E-state index in [4.69, 9.17) is 5.73 Å². The van der Waals surface area contributed by atoms with E-state index in [-0.39, 0.29) is 11.6 Å². The molecule has 0 radical (unpaired) electrons. The Kier molecular flexibility index (Phi) is 8.01. The van der Waals surface area contributed by atoms with Gasteiger partial charge in [-0.25, -0.2) is 0 Å². The first-order valence-corrected chi connectivity index (χ1v) is 18.3. The summed E-state index contributed by atoms with van der Waals surface area (Å²) in [5.41, 5.74) is 18.7. The smallest absolute Gasteiger partial charge is 0.0875 e. The van der Waals surface area contributed by atoms with Gasteiger partial charge in [0.1, 0.15) is 0 Å². The Morgan fingerprint density at radius 1 is 0.558 bits per heavy atom. The number of hydrogen-bond donors (Lipinski definition) is 2. The van der Waals surface area contributed by atoms with Crippen molar-refractivity contribution in [2.75, 3.05) is 7.05 Å². The fourth-order valence-corrected chi connectivity index (χ4v) is 8.66. The molecular formula is C49H43N3. The SMILES string of the molecule is CN(Cc1ccc2c(c1)C(C)(C)c1ccccc1-2)C(NC(N)c1cc2ccccc2c2ccccc12)c1cccc(-c2cccc3ccccc23)c1. The van der Waals surface area contributed by atoms with E-state index in [1.54, 1.807) is 0 Å². The van der Waals surface area contributed by atoms with Crippen molar-refractivity contribution in [3.05, 3.63) is 192 Å². The molecule has 0 fully saturated rings. The van der Waals surface area contributed by atoms with Crippen molar-refractivity contribution in [1.82, 2.24) is 10.2 Å². The Morgan fingerprint density at radius 3 is 2.04 bits per heavy atom. The Labute approximate surface area is 306 Å². The van der Waals surface area contributed by atoms with Crippen LogP contribution >= 0.6 is 0 Å². The first kappa shape index (κ1) is 32.3. The van der Waals surface area contributed by atoms with Gasteiger partial charge in [0.15, 0.2) is 0 Å². The fourth-order valence-electron chi connectivity index (χ4n) is 8.66. The highest BCUT2D eigenvalue weighted by Crippen LogP contribution is 2.49. The van der Waals surface area contributed by atoms with Gasteiger partial charge in [0.05, 0.1) is 12.3 Å². The maximum atomic E-state index is 7.27. The van der Waals surface area contributed by atoms with Gasteiger partial charge in [-0.15, -0.1) is 0 Å². The summed E-state index contributed by atoms with van der Waals surface area (Å²) in [7, 11) is 2.21. The van der Waals surface area contributed by atoms with E-state index in [0.717, 1.165) is 12.1 Å². The zero-order valence-corrected chi connectivity index (χ0v) is 30.0. The lowest BCUT2D eigenvalue weighted by atomic mass is 9.82. The summed E-state index contributed by atoms with van der Waals surface area (Å²) < 4.78 is 0. The molecule has 0 saturated heterocycles. The number of benzene rings is 8. The molecule has 0 spiro atoms. The lowest BCUT2D eigenvalue weighted by Gasteiger charge is -2.33. The van der Waals surface area contributed by atoms with Gasteiger partial charge in [0.25, 0.3) is 0 Å². The van der Waals surface area contributed by atoms with E-state index in [1.807, 2.05) is 0 Å². The van der Waals surface area contributed by atoms with E-state index < -0.39 is 6.17 Å². The Balaban J connectivity index is 1.12. The summed E-state index contributed by atoms with van der Waals surface area (Å²) in [5, 5.41) is 11.2. The Morgan fingerprint density at radius 2 is 1.19 bits per heavy atom. The second-order valence-corrected chi connectivity index (χ2v) is 14.9. The van der Waals surface area contributed by atoms with Crippen LogP contribution in [0.4, 0.5) is 0 Å². The number of nitrogens with one attached hydrogen (secondary N) is 1. The molecule has 9 rings (SSSR count). The van der Waals surface area contributed by atoms with E-state index >= 15 is 0 Å². The molecule has 0 aliphatic heterocycles. The topological polar surface area (TPSA) is 41.3 Å². The van der Waals surface area contributed by atoms with Crippen molar-refractivity contribution in [1.29, 1.82) is 0 Å². The monoisotopic (exact) mass is 673 g/mol. The molecule has 3 N–H and O–H groups in total. The molecule has 52 heavy (non-hydrogen) atoms. The highest BCUT2D eigenvalue weighted by Gasteiger charge is 2.35. The first-order chi connectivity index (χ1) is 25.4. The number of nitrogens with two attached hydrogens (primary N) is 1. The van der Waals surface area contributed by atoms with E-state index in [9.17, 15) is 0 Å². The van der Waals surface area contributed by atoms with Crippen LogP contribution in [-0.4, -0.2) is 11.9 Å². The van der Waals surface area contributed by atoms with Gasteiger partial charge >= 0.3 is 0 Å². The molecule has 0 heterocycles. The van der Waals surface area contributed by atoms with Gasteiger partial charge in [-0.1, -0.05) is 166 Å². The Hall–Kier alpha value is -5.58. The minimum Gasteiger partial charge on any atom is -0.312 e. The minimum absolute atomic E-state index is 0.0511. The molecular weight excluding hydrogens is 631 g/mol. The van der Waals surface area contributed by atoms with Gasteiger partial charge < -0.3 is 5.73 Å². The minimum atomic E-state index is -0.420. The molecule has 254 valence electrons. The summed E-state index contributed by atoms with van der Waals surface area (Å²) in [4.78, 5) is 2.40. The van der Waals surface area contributed by atoms with E-state index in [2.05, 4.69) is 195 Å². The van der Waals surface area contributed by atoms with Crippen LogP contribution in [0.5, 0.6) is 0 Å². The maximum Gasteiger partial charge on any atom is 0.0875 e. The van der Waals surface area contributed by atoms with Crippen LogP contribution in [0.2, 0.25) is 0 Å². The van der Waals surface area contributed by atoms with Crippen LogP contribution in [0.25, 0.3) is 54.6 Å². The molecule has 0 aromatic heterocycles. The lowest BCUT2D eigenvalue weighted by molar-refractivity contribution is 0.182. The molecule has 3 heteroatoms. The average Bonchev–Trinajstić information content (AvgIpc) is 3.41. The molecule has 1 aliphatic rings. The zero-order valence-electron chi connectivity index (χ0n) is 30.0. The average molecular weight is 674 g/mol. The van der Waals surface area contributed by atoms with E-state index in [0.29, 0.717) is 0 Å². The molecule has 0 amide bonds. The van der Waals surface area contributed by atoms with Gasteiger partial charge in [0, 0.05) is 12.0 Å². The summed E-state index contributed by atoms with van der Waals surface area (Å²) in [6.45, 7) is 5.45. The van der Waals surface area contributed by atoms with Gasteiger partial charge in [0.2, 0.25) is 0 Å². The molecule has 1 aliphatic carbocycles. The number of nitrogens with zero attached hydrogens (tertiary/aromatic N) is 1. The highest BCUT2D eigenvalue weighted by molar-refractivity contribution is 6.09. The quantitative estimate of drug-likeness (QED) is 0.125. The van der Waals surface area contributed by atoms with Crippen LogP contribution in [0.15, 0.2) is 164 Å². The summed E-state index contributed by atoms with van der Waals surface area (Å²) in [6, 6.07) is 59.5. The van der Waals surface area contributed by atoms with Crippen LogP contribution in [0.1, 0.15) is 54.0 Å². The largest absolute Gasteiger partial charge is 0.312 e. The van der Waals surface area contributed by atoms with Crippen LogP contribution < -0.4 is 11.1 Å². The van der Waals surface area contributed by atoms with Crippen molar-refractivity contribution < 1.29 is 0 Å². The summed E-state index contributed by atoms with van der Waals surface area (Å²) in [5.74, 6) is 0. The van der Waals surface area contributed by atoms with Crippen molar-refractivity contribution in [3.63, 3.8) is 0 Å². The predicted octanol–water partition coefficient (Wildman–Crippen LogP) is 11.5. The molecule has 2 atom stereocenters. The van der Waals surface area contributed by atoms with Crippen molar-refractivity contribution in [2.45, 2.75) is 38.1 Å². The van der Waals surface area contributed by atoms with Gasteiger partial charge in [-0.2, -0.15) is 0 Å².